The molecular formula is C11H7BrN4O4S. The minimum absolute atomic E-state index is 0.0810. The molecule has 0 fully saturated rings. The fraction of sp³-hybridized carbons (Fsp3) is 0. The SMILES string of the molecule is O=[N+]([O-])c1ccc(N/N=C\c2cc(Br)cs2)c([N+](=O)[O-])c1. The normalized spacial score (nSPS) is 10.7. The fourth-order valence-corrected chi connectivity index (χ4v) is 2.74. The van der Waals surface area contributed by atoms with Gasteiger partial charge in [0.2, 0.25) is 0 Å². The molecule has 108 valence electrons. The van der Waals surface area contributed by atoms with Gasteiger partial charge in [-0.15, -0.1) is 11.3 Å². The summed E-state index contributed by atoms with van der Waals surface area (Å²) in [6.07, 6.45) is 1.50. The molecule has 0 saturated heterocycles. The zero-order chi connectivity index (χ0) is 15.4. The number of nitro groups is 2. The van der Waals surface area contributed by atoms with E-state index in [-0.39, 0.29) is 11.4 Å². The van der Waals surface area contributed by atoms with Crippen LogP contribution in [0.25, 0.3) is 0 Å². The number of halogens is 1. The van der Waals surface area contributed by atoms with Crippen LogP contribution < -0.4 is 5.43 Å². The van der Waals surface area contributed by atoms with Crippen LogP contribution in [0.3, 0.4) is 0 Å². The smallest absolute Gasteiger partial charge is 0.272 e. The summed E-state index contributed by atoms with van der Waals surface area (Å²) in [6.45, 7) is 0. The minimum Gasteiger partial charge on any atom is -0.272 e. The maximum absolute atomic E-state index is 10.9. The van der Waals surface area contributed by atoms with Crippen molar-refractivity contribution in [3.05, 3.63) is 59.2 Å². The fourth-order valence-electron chi connectivity index (χ4n) is 1.44. The average Bonchev–Trinajstić information content (AvgIpc) is 2.84. The number of hydrogen-bond donors (Lipinski definition) is 1. The number of hydrazone groups is 1. The van der Waals surface area contributed by atoms with E-state index < -0.39 is 15.5 Å². The molecule has 0 saturated carbocycles. The predicted molar refractivity (Wildman–Crippen MR) is 83.0 cm³/mol. The molecule has 0 atom stereocenters. The Morgan fingerprint density at radius 2 is 2.00 bits per heavy atom. The van der Waals surface area contributed by atoms with Gasteiger partial charge in [-0.1, -0.05) is 0 Å². The first-order valence-electron chi connectivity index (χ1n) is 5.43. The van der Waals surface area contributed by atoms with Crippen molar-refractivity contribution in [2.45, 2.75) is 0 Å². The Bertz CT molecular complexity index is 731. The third kappa shape index (κ3) is 3.83. The Hall–Kier alpha value is -2.33. The summed E-state index contributed by atoms with van der Waals surface area (Å²) >= 11 is 4.74. The molecule has 2 aromatic rings. The van der Waals surface area contributed by atoms with Crippen molar-refractivity contribution in [3.8, 4) is 0 Å². The molecule has 2 rings (SSSR count). The van der Waals surface area contributed by atoms with Gasteiger partial charge in [0.1, 0.15) is 5.69 Å². The number of nitro benzene ring substituents is 2. The highest BCUT2D eigenvalue weighted by molar-refractivity contribution is 9.10. The van der Waals surface area contributed by atoms with Crippen molar-refractivity contribution in [2.24, 2.45) is 5.10 Å². The molecule has 8 nitrogen and oxygen atoms in total. The van der Waals surface area contributed by atoms with Crippen molar-refractivity contribution in [3.63, 3.8) is 0 Å². The number of benzene rings is 1. The van der Waals surface area contributed by atoms with Gasteiger partial charge in [0.25, 0.3) is 5.69 Å². The second-order valence-corrected chi connectivity index (χ2v) is 5.61. The van der Waals surface area contributed by atoms with Crippen LogP contribution in [-0.4, -0.2) is 16.1 Å². The van der Waals surface area contributed by atoms with E-state index in [2.05, 4.69) is 26.5 Å². The highest BCUT2D eigenvalue weighted by Gasteiger charge is 2.18. The van der Waals surface area contributed by atoms with Gasteiger partial charge in [0, 0.05) is 20.8 Å². The number of hydrogen-bond acceptors (Lipinski definition) is 7. The van der Waals surface area contributed by atoms with Crippen molar-refractivity contribution < 1.29 is 9.85 Å². The highest BCUT2D eigenvalue weighted by atomic mass is 79.9. The molecule has 21 heavy (non-hydrogen) atoms. The molecule has 0 radical (unpaired) electrons. The van der Waals surface area contributed by atoms with E-state index in [9.17, 15) is 20.2 Å². The number of nitrogens with one attached hydrogen (secondary N) is 1. The summed E-state index contributed by atoms with van der Waals surface area (Å²) in [6, 6.07) is 5.14. The Morgan fingerprint density at radius 1 is 1.24 bits per heavy atom. The second-order valence-electron chi connectivity index (χ2n) is 3.75. The number of rotatable bonds is 5. The highest BCUT2D eigenvalue weighted by Crippen LogP contribution is 2.28. The third-order valence-electron chi connectivity index (χ3n) is 2.35. The van der Waals surface area contributed by atoms with E-state index in [1.165, 1.54) is 29.7 Å². The first kappa shape index (κ1) is 15.1. The lowest BCUT2D eigenvalue weighted by molar-refractivity contribution is -0.393. The van der Waals surface area contributed by atoms with E-state index in [1.807, 2.05) is 11.4 Å². The largest absolute Gasteiger partial charge is 0.301 e. The molecule has 0 aliphatic heterocycles. The van der Waals surface area contributed by atoms with E-state index in [1.54, 1.807) is 0 Å². The molecule has 10 heteroatoms. The van der Waals surface area contributed by atoms with Gasteiger partial charge in [-0.05, 0) is 28.1 Å². The maximum atomic E-state index is 10.9. The Kier molecular flexibility index (Phi) is 4.60. The van der Waals surface area contributed by atoms with Crippen LogP contribution in [0.2, 0.25) is 0 Å². The molecule has 0 aliphatic rings. The van der Waals surface area contributed by atoms with Gasteiger partial charge < -0.3 is 0 Å². The van der Waals surface area contributed by atoms with Gasteiger partial charge in [-0.2, -0.15) is 5.10 Å². The lowest BCUT2D eigenvalue weighted by atomic mass is 10.2. The zero-order valence-electron chi connectivity index (χ0n) is 10.2. The summed E-state index contributed by atoms with van der Waals surface area (Å²) in [5.74, 6) is 0. The van der Waals surface area contributed by atoms with Gasteiger partial charge in [0.15, 0.2) is 0 Å². The molecule has 0 spiro atoms. The molecule has 1 heterocycles. The Balaban J connectivity index is 2.21. The van der Waals surface area contributed by atoms with E-state index in [0.29, 0.717) is 0 Å². The summed E-state index contributed by atoms with van der Waals surface area (Å²) < 4.78 is 0.912. The Labute approximate surface area is 130 Å². The molecule has 1 aromatic carbocycles. The van der Waals surface area contributed by atoms with Gasteiger partial charge in [-0.3, -0.25) is 25.7 Å². The quantitative estimate of drug-likeness (QED) is 0.489. The summed E-state index contributed by atoms with van der Waals surface area (Å²) in [5.41, 5.74) is 1.84. The molecule has 0 unspecified atom stereocenters. The molecule has 1 N–H and O–H groups in total. The first-order valence-corrected chi connectivity index (χ1v) is 7.10. The van der Waals surface area contributed by atoms with Crippen molar-refractivity contribution in [2.75, 3.05) is 5.43 Å². The number of nitrogens with zero attached hydrogens (tertiary/aromatic N) is 3. The van der Waals surface area contributed by atoms with E-state index in [4.69, 9.17) is 0 Å². The van der Waals surface area contributed by atoms with E-state index >= 15 is 0 Å². The minimum atomic E-state index is -0.702. The van der Waals surface area contributed by atoms with Crippen LogP contribution in [0.5, 0.6) is 0 Å². The standard InChI is InChI=1S/C11H7BrN4O4S/c12-7-3-9(21-6-7)5-13-14-10-2-1-8(15(17)18)4-11(10)16(19)20/h1-6,14H/b13-5-. The molecule has 1 aromatic heterocycles. The number of anilines is 1. The molecule has 0 aliphatic carbocycles. The Morgan fingerprint density at radius 3 is 2.57 bits per heavy atom. The maximum Gasteiger partial charge on any atom is 0.301 e. The average molecular weight is 371 g/mol. The zero-order valence-corrected chi connectivity index (χ0v) is 12.6. The van der Waals surface area contributed by atoms with Crippen LogP contribution in [0.15, 0.2) is 39.2 Å². The van der Waals surface area contributed by atoms with Gasteiger partial charge in [0.05, 0.1) is 22.1 Å². The molecule has 0 amide bonds. The first-order chi connectivity index (χ1) is 9.97. The second kappa shape index (κ2) is 6.41. The molecular weight excluding hydrogens is 364 g/mol. The summed E-state index contributed by atoms with van der Waals surface area (Å²) in [5, 5.41) is 27.3. The third-order valence-corrected chi connectivity index (χ3v) is 3.98. The van der Waals surface area contributed by atoms with Crippen LogP contribution in [-0.2, 0) is 0 Å². The summed E-state index contributed by atoms with van der Waals surface area (Å²) in [7, 11) is 0. The van der Waals surface area contributed by atoms with Crippen LogP contribution in [0.4, 0.5) is 17.1 Å². The number of non-ortho nitro benzene ring substituents is 1. The lowest BCUT2D eigenvalue weighted by Crippen LogP contribution is -1.98. The van der Waals surface area contributed by atoms with Crippen molar-refractivity contribution in [1.82, 2.24) is 0 Å². The molecule has 0 bridgehead atoms. The van der Waals surface area contributed by atoms with Crippen LogP contribution >= 0.6 is 27.3 Å². The predicted octanol–water partition coefficient (Wildman–Crippen LogP) is 3.77. The van der Waals surface area contributed by atoms with Crippen LogP contribution in [0, 0.1) is 20.2 Å². The van der Waals surface area contributed by atoms with E-state index in [0.717, 1.165) is 15.4 Å². The van der Waals surface area contributed by atoms with Gasteiger partial charge >= 0.3 is 5.69 Å². The van der Waals surface area contributed by atoms with Crippen molar-refractivity contribution >= 4 is 50.5 Å². The topological polar surface area (TPSA) is 111 Å². The van der Waals surface area contributed by atoms with Gasteiger partial charge in [-0.25, -0.2) is 0 Å². The van der Waals surface area contributed by atoms with Crippen molar-refractivity contribution in [1.29, 1.82) is 0 Å². The lowest BCUT2D eigenvalue weighted by Gasteiger charge is -2.01. The monoisotopic (exact) mass is 370 g/mol. The van der Waals surface area contributed by atoms with Crippen LogP contribution in [0.1, 0.15) is 4.88 Å². The number of thiophene rings is 1. The summed E-state index contributed by atoms with van der Waals surface area (Å²) in [4.78, 5) is 21.0.